The number of carboxylic acid groups (broad SMARTS) is 1. The Morgan fingerprint density at radius 3 is 3.00 bits per heavy atom. The lowest BCUT2D eigenvalue weighted by Crippen LogP contribution is -1.99. The lowest BCUT2D eigenvalue weighted by atomic mass is 10.1. The largest absolute Gasteiger partial charge is 0.481 e. The first-order valence-electron chi connectivity index (χ1n) is 5.43. The predicted molar refractivity (Wildman–Crippen MR) is 73.5 cm³/mol. The Balaban J connectivity index is 2.13. The van der Waals surface area contributed by atoms with E-state index in [-0.39, 0.29) is 6.42 Å². The Morgan fingerprint density at radius 2 is 2.37 bits per heavy atom. The second kappa shape index (κ2) is 5.87. The number of carboxylic acids is 1. The Bertz CT molecular complexity index is 659. The molecule has 19 heavy (non-hydrogen) atoms. The van der Waals surface area contributed by atoms with Gasteiger partial charge in [0.2, 0.25) is 0 Å². The third kappa shape index (κ3) is 3.56. The molecule has 0 aliphatic carbocycles. The minimum absolute atomic E-state index is 0.0521. The summed E-state index contributed by atoms with van der Waals surface area (Å²) in [6, 6.07) is 7.71. The molecule has 0 spiro atoms. The van der Waals surface area contributed by atoms with Crippen molar-refractivity contribution in [3.63, 3.8) is 0 Å². The number of hydrogen-bond donors (Lipinski definition) is 1. The van der Waals surface area contributed by atoms with Gasteiger partial charge >= 0.3 is 5.97 Å². The number of nitriles is 1. The number of hydrogen-bond acceptors (Lipinski definition) is 5. The second-order valence-electron chi connectivity index (χ2n) is 3.87. The summed E-state index contributed by atoms with van der Waals surface area (Å²) in [6.07, 6.45) is -0.0521. The first kappa shape index (κ1) is 13.6. The third-order valence-electron chi connectivity index (χ3n) is 2.39. The Hall–Kier alpha value is -1.84. The van der Waals surface area contributed by atoms with Crippen molar-refractivity contribution in [2.24, 2.45) is 0 Å². The first-order valence-corrected chi connectivity index (χ1v) is 7.13. The summed E-state index contributed by atoms with van der Waals surface area (Å²) in [6.45, 7) is 1.89. The highest BCUT2D eigenvalue weighted by Crippen LogP contribution is 2.31. The molecule has 2 aromatic rings. The van der Waals surface area contributed by atoms with E-state index < -0.39 is 5.97 Å². The molecule has 4 nitrogen and oxygen atoms in total. The van der Waals surface area contributed by atoms with Crippen molar-refractivity contribution in [3.05, 3.63) is 40.4 Å². The second-order valence-corrected chi connectivity index (χ2v) is 6.04. The van der Waals surface area contributed by atoms with Gasteiger partial charge in [-0.05, 0) is 30.7 Å². The maximum atomic E-state index is 10.6. The Kier molecular flexibility index (Phi) is 4.20. The van der Waals surface area contributed by atoms with Crippen LogP contribution in [0.15, 0.2) is 32.8 Å². The van der Waals surface area contributed by atoms with Crippen LogP contribution in [0.25, 0.3) is 0 Å². The molecule has 96 valence electrons. The highest BCUT2D eigenvalue weighted by atomic mass is 32.2. The summed E-state index contributed by atoms with van der Waals surface area (Å²) in [5, 5.41) is 19.3. The SMILES string of the molecule is Cc1cc(Sc2nc(CC(=O)O)cs2)ccc1C#N. The number of rotatable bonds is 4. The standard InChI is InChI=1S/C13H10N2O2S2/c1-8-4-11(3-2-9(8)6-14)19-13-15-10(7-18-13)5-12(16)17/h2-4,7H,5H2,1H3,(H,16,17). The molecule has 0 unspecified atom stereocenters. The molecule has 0 bridgehead atoms. The van der Waals surface area contributed by atoms with E-state index in [4.69, 9.17) is 10.4 Å². The van der Waals surface area contributed by atoms with Crippen molar-refractivity contribution in [1.29, 1.82) is 5.26 Å². The van der Waals surface area contributed by atoms with Crippen LogP contribution in [0.3, 0.4) is 0 Å². The monoisotopic (exact) mass is 290 g/mol. The highest BCUT2D eigenvalue weighted by Gasteiger charge is 2.08. The minimum Gasteiger partial charge on any atom is -0.481 e. The fraction of sp³-hybridized carbons (Fsp3) is 0.154. The van der Waals surface area contributed by atoms with E-state index in [0.29, 0.717) is 11.3 Å². The smallest absolute Gasteiger partial charge is 0.309 e. The number of benzene rings is 1. The van der Waals surface area contributed by atoms with Gasteiger partial charge in [0, 0.05) is 10.3 Å². The van der Waals surface area contributed by atoms with Gasteiger partial charge in [-0.2, -0.15) is 5.26 Å². The molecule has 0 aliphatic rings. The molecular formula is C13H10N2O2S2. The molecule has 1 heterocycles. The number of thiazole rings is 1. The van der Waals surface area contributed by atoms with Crippen LogP contribution in [0.5, 0.6) is 0 Å². The minimum atomic E-state index is -0.879. The topological polar surface area (TPSA) is 74.0 Å². The summed E-state index contributed by atoms with van der Waals surface area (Å²) in [7, 11) is 0. The molecule has 2 rings (SSSR count). The quantitative estimate of drug-likeness (QED) is 0.936. The number of aliphatic carboxylic acids is 1. The maximum absolute atomic E-state index is 10.6. The normalized spacial score (nSPS) is 10.1. The van der Waals surface area contributed by atoms with Crippen LogP contribution in [0.2, 0.25) is 0 Å². The van der Waals surface area contributed by atoms with Gasteiger partial charge in [0.15, 0.2) is 4.34 Å². The van der Waals surface area contributed by atoms with E-state index >= 15 is 0 Å². The average molecular weight is 290 g/mol. The lowest BCUT2D eigenvalue weighted by molar-refractivity contribution is -0.136. The Morgan fingerprint density at radius 1 is 1.58 bits per heavy atom. The summed E-state index contributed by atoms with van der Waals surface area (Å²) in [5.41, 5.74) is 2.16. The van der Waals surface area contributed by atoms with Crippen molar-refractivity contribution < 1.29 is 9.90 Å². The first-order chi connectivity index (χ1) is 9.08. The van der Waals surface area contributed by atoms with Crippen LogP contribution in [-0.4, -0.2) is 16.1 Å². The summed E-state index contributed by atoms with van der Waals surface area (Å²) in [4.78, 5) is 15.8. The summed E-state index contributed by atoms with van der Waals surface area (Å²) >= 11 is 2.90. The molecule has 0 amide bonds. The van der Waals surface area contributed by atoms with Crippen molar-refractivity contribution >= 4 is 29.1 Å². The van der Waals surface area contributed by atoms with Crippen molar-refractivity contribution in [1.82, 2.24) is 4.98 Å². The van der Waals surface area contributed by atoms with Crippen LogP contribution in [-0.2, 0) is 11.2 Å². The molecular weight excluding hydrogens is 280 g/mol. The van der Waals surface area contributed by atoms with Crippen molar-refractivity contribution in [3.8, 4) is 6.07 Å². The van der Waals surface area contributed by atoms with Crippen LogP contribution < -0.4 is 0 Å². The van der Waals surface area contributed by atoms with E-state index in [2.05, 4.69) is 11.1 Å². The fourth-order valence-corrected chi connectivity index (χ4v) is 3.40. The molecule has 6 heteroatoms. The maximum Gasteiger partial charge on any atom is 0.309 e. The van der Waals surface area contributed by atoms with Gasteiger partial charge in [-0.25, -0.2) is 4.98 Å². The molecule has 1 aromatic carbocycles. The fourth-order valence-electron chi connectivity index (χ4n) is 1.50. The van der Waals surface area contributed by atoms with Gasteiger partial charge in [-0.15, -0.1) is 11.3 Å². The molecule has 1 aromatic heterocycles. The van der Waals surface area contributed by atoms with Crippen LogP contribution >= 0.6 is 23.1 Å². The number of nitrogens with zero attached hydrogens (tertiary/aromatic N) is 2. The van der Waals surface area contributed by atoms with Gasteiger partial charge in [-0.3, -0.25) is 4.79 Å². The molecule has 1 N–H and O–H groups in total. The van der Waals surface area contributed by atoms with Gasteiger partial charge in [0.05, 0.1) is 23.7 Å². The predicted octanol–water partition coefficient (Wildman–Crippen LogP) is 3.10. The molecule has 0 saturated heterocycles. The van der Waals surface area contributed by atoms with Crippen molar-refractivity contribution in [2.45, 2.75) is 22.6 Å². The zero-order chi connectivity index (χ0) is 13.8. The van der Waals surface area contributed by atoms with E-state index in [1.54, 1.807) is 11.4 Å². The van der Waals surface area contributed by atoms with Gasteiger partial charge in [0.25, 0.3) is 0 Å². The van der Waals surface area contributed by atoms with Crippen LogP contribution in [0.4, 0.5) is 0 Å². The zero-order valence-corrected chi connectivity index (χ0v) is 11.7. The summed E-state index contributed by atoms with van der Waals surface area (Å²) < 4.78 is 0.806. The van der Waals surface area contributed by atoms with Crippen LogP contribution in [0, 0.1) is 18.3 Å². The van der Waals surface area contributed by atoms with Gasteiger partial charge in [0.1, 0.15) is 0 Å². The highest BCUT2D eigenvalue weighted by molar-refractivity contribution is 8.01. The Labute approximate surface area is 118 Å². The van der Waals surface area contributed by atoms with Crippen LogP contribution in [0.1, 0.15) is 16.8 Å². The number of aromatic nitrogens is 1. The number of carbonyl (C=O) groups is 1. The van der Waals surface area contributed by atoms with Gasteiger partial charge < -0.3 is 5.11 Å². The summed E-state index contributed by atoms with van der Waals surface area (Å²) in [5.74, 6) is -0.879. The average Bonchev–Trinajstić information content (AvgIpc) is 2.76. The van der Waals surface area contributed by atoms with E-state index in [1.807, 2.05) is 19.1 Å². The molecule has 0 saturated carbocycles. The van der Waals surface area contributed by atoms with E-state index in [0.717, 1.165) is 14.8 Å². The lowest BCUT2D eigenvalue weighted by Gasteiger charge is -2.01. The molecule has 0 fully saturated rings. The third-order valence-corrected chi connectivity index (χ3v) is 4.36. The van der Waals surface area contributed by atoms with E-state index in [1.165, 1.54) is 23.1 Å². The van der Waals surface area contributed by atoms with E-state index in [9.17, 15) is 4.79 Å². The number of aryl methyl sites for hydroxylation is 1. The molecule has 0 atom stereocenters. The van der Waals surface area contributed by atoms with Gasteiger partial charge in [-0.1, -0.05) is 11.8 Å². The zero-order valence-electron chi connectivity index (χ0n) is 10.1. The molecule has 0 radical (unpaired) electrons. The molecule has 0 aliphatic heterocycles. The van der Waals surface area contributed by atoms with Crippen molar-refractivity contribution in [2.75, 3.05) is 0 Å².